The average molecular weight is 497 g/mol. The molecule has 1 aromatic heterocycles. The van der Waals surface area contributed by atoms with Crippen molar-refractivity contribution in [1.82, 2.24) is 9.97 Å². The Morgan fingerprint density at radius 3 is 2.30 bits per heavy atom. The molecule has 0 unspecified atom stereocenters. The number of benzene rings is 4. The number of nitrogens with one attached hydrogen (secondary N) is 1. The number of carboxylic acids is 1. The third-order valence-electron chi connectivity index (χ3n) is 6.15. The van der Waals surface area contributed by atoms with Gasteiger partial charge < -0.3 is 14.8 Å². The molecule has 1 fully saturated rings. The number of hydrogen-bond donors (Lipinski definition) is 2. The maximum absolute atomic E-state index is 15.0. The van der Waals surface area contributed by atoms with E-state index < -0.39 is 11.8 Å². The predicted molar refractivity (Wildman–Crippen MR) is 135 cm³/mol. The molecule has 2 N–H and O–H groups in total. The quantitative estimate of drug-likeness (QED) is 0.277. The van der Waals surface area contributed by atoms with Crippen molar-refractivity contribution < 1.29 is 28.7 Å². The minimum atomic E-state index is -1.04. The number of anilines is 1. The number of hydrogen-bond acceptors (Lipinski definition) is 6. The summed E-state index contributed by atoms with van der Waals surface area (Å²) >= 11 is 0. The number of halogens is 1. The van der Waals surface area contributed by atoms with Crippen LogP contribution in [0.5, 0.6) is 11.8 Å². The Morgan fingerprint density at radius 1 is 0.973 bits per heavy atom. The summed E-state index contributed by atoms with van der Waals surface area (Å²) in [4.78, 5) is 29.1. The summed E-state index contributed by atoms with van der Waals surface area (Å²) in [6.07, 6.45) is 0. The molecule has 37 heavy (non-hydrogen) atoms. The summed E-state index contributed by atoms with van der Waals surface area (Å²) in [6, 6.07) is 23.2. The number of carbonyl (C=O) groups is 1. The number of rotatable bonds is 6. The van der Waals surface area contributed by atoms with Crippen molar-refractivity contribution in [3.05, 3.63) is 95.8 Å². The van der Waals surface area contributed by atoms with Gasteiger partial charge in [0.1, 0.15) is 11.6 Å². The van der Waals surface area contributed by atoms with E-state index in [2.05, 4.69) is 9.97 Å². The number of aryl methyl sites for hydroxylation is 1. The van der Waals surface area contributed by atoms with Gasteiger partial charge >= 0.3 is 5.97 Å². The zero-order valence-electron chi connectivity index (χ0n) is 19.6. The molecule has 8 nitrogen and oxygen atoms in total. The molecule has 1 aliphatic heterocycles. The highest BCUT2D eigenvalue weighted by molar-refractivity contribution is 5.90. The van der Waals surface area contributed by atoms with Crippen molar-refractivity contribution in [2.45, 2.75) is 6.92 Å². The highest BCUT2D eigenvalue weighted by Gasteiger charge is 2.17. The molecule has 0 bridgehead atoms. The lowest BCUT2D eigenvalue weighted by Crippen LogP contribution is -2.36. The summed E-state index contributed by atoms with van der Waals surface area (Å²) in [6.45, 7) is 1.96. The van der Waals surface area contributed by atoms with Crippen molar-refractivity contribution in [3.8, 4) is 34.0 Å². The number of nitrogens with zero attached hydrogens (tertiary/aromatic N) is 2. The highest BCUT2D eigenvalue weighted by atomic mass is 19.1. The standard InChI is InChI=1S/C28H20FN3O5/c1-16-2-11-21(12-22(16)27(33)34)37-28-30-25-13-23(24(29)14-26(25)31-28)19-5-3-17(4-6-19)18-7-9-20(10-8-18)32-35-15-36-32/h2-14H,15H2,1H3,(H,30,31)(H,33,34). The van der Waals surface area contributed by atoms with Crippen LogP contribution in [-0.2, 0) is 9.68 Å². The summed E-state index contributed by atoms with van der Waals surface area (Å²) < 4.78 is 20.8. The first-order valence-corrected chi connectivity index (χ1v) is 11.4. The Kier molecular flexibility index (Phi) is 5.56. The molecular formula is C28H20FN3O5. The van der Waals surface area contributed by atoms with Crippen LogP contribution in [-0.4, -0.2) is 27.8 Å². The van der Waals surface area contributed by atoms with Crippen LogP contribution in [0, 0.1) is 12.7 Å². The van der Waals surface area contributed by atoms with Gasteiger partial charge in [0.2, 0.25) is 6.79 Å². The molecular weight excluding hydrogens is 477 g/mol. The lowest BCUT2D eigenvalue weighted by atomic mass is 9.99. The second kappa shape index (κ2) is 9.05. The van der Waals surface area contributed by atoms with E-state index in [-0.39, 0.29) is 18.4 Å². The van der Waals surface area contributed by atoms with Crippen LogP contribution >= 0.6 is 0 Å². The lowest BCUT2D eigenvalue weighted by Gasteiger charge is -2.29. The number of fused-ring (bicyclic) bond motifs is 1. The fourth-order valence-corrected chi connectivity index (χ4v) is 4.16. The number of aromatic nitrogens is 2. The van der Waals surface area contributed by atoms with E-state index in [9.17, 15) is 9.90 Å². The molecule has 0 atom stereocenters. The van der Waals surface area contributed by atoms with Gasteiger partial charge in [-0.15, -0.1) is 5.23 Å². The Labute approximate surface area is 210 Å². The normalized spacial score (nSPS) is 13.0. The van der Waals surface area contributed by atoms with Gasteiger partial charge in [-0.2, -0.15) is 4.98 Å². The van der Waals surface area contributed by atoms with Crippen LogP contribution in [0.3, 0.4) is 0 Å². The maximum Gasteiger partial charge on any atom is 0.336 e. The van der Waals surface area contributed by atoms with Crippen molar-refractivity contribution in [2.24, 2.45) is 0 Å². The van der Waals surface area contributed by atoms with Gasteiger partial charge in [0.05, 0.1) is 22.3 Å². The van der Waals surface area contributed by atoms with Crippen LogP contribution in [0.15, 0.2) is 78.9 Å². The van der Waals surface area contributed by atoms with Crippen molar-refractivity contribution in [1.29, 1.82) is 0 Å². The van der Waals surface area contributed by atoms with Gasteiger partial charge in [0.15, 0.2) is 0 Å². The molecule has 1 saturated heterocycles. The highest BCUT2D eigenvalue weighted by Crippen LogP contribution is 2.32. The van der Waals surface area contributed by atoms with Gasteiger partial charge in [0.25, 0.3) is 6.01 Å². The monoisotopic (exact) mass is 497 g/mol. The molecule has 6 rings (SSSR count). The van der Waals surface area contributed by atoms with Crippen LogP contribution in [0.2, 0.25) is 0 Å². The zero-order valence-corrected chi connectivity index (χ0v) is 19.6. The SMILES string of the molecule is Cc1ccc(Oc2nc3cc(-c4ccc(-c5ccc(N6OCO6)cc5)cc4)c(F)cc3[nH]2)cc1C(=O)O. The molecule has 9 heteroatoms. The second-order valence-electron chi connectivity index (χ2n) is 8.53. The molecule has 2 heterocycles. The first-order valence-electron chi connectivity index (χ1n) is 11.4. The Hall–Kier alpha value is -4.73. The van der Waals surface area contributed by atoms with Crippen molar-refractivity contribution in [3.63, 3.8) is 0 Å². The fourth-order valence-electron chi connectivity index (χ4n) is 4.16. The van der Waals surface area contributed by atoms with Crippen LogP contribution in [0.1, 0.15) is 15.9 Å². The molecule has 0 saturated carbocycles. The van der Waals surface area contributed by atoms with E-state index in [0.717, 1.165) is 16.8 Å². The smallest absolute Gasteiger partial charge is 0.336 e. The molecule has 5 aromatic rings. The number of H-pyrrole nitrogens is 1. The van der Waals surface area contributed by atoms with Crippen LogP contribution < -0.4 is 9.96 Å². The van der Waals surface area contributed by atoms with E-state index in [1.807, 2.05) is 48.5 Å². The molecule has 184 valence electrons. The molecule has 0 amide bonds. The Bertz CT molecular complexity index is 1630. The summed E-state index contributed by atoms with van der Waals surface area (Å²) in [5, 5.41) is 10.7. The van der Waals surface area contributed by atoms with Gasteiger partial charge in [-0.25, -0.2) is 18.9 Å². The number of carboxylic acid groups (broad SMARTS) is 1. The van der Waals surface area contributed by atoms with Gasteiger partial charge in [-0.05, 0) is 59.5 Å². The van der Waals surface area contributed by atoms with Crippen molar-refractivity contribution in [2.75, 3.05) is 12.0 Å². The zero-order chi connectivity index (χ0) is 25.5. The molecule has 0 spiro atoms. The molecule has 0 radical (unpaired) electrons. The van der Waals surface area contributed by atoms with E-state index >= 15 is 4.39 Å². The molecule has 0 aliphatic carbocycles. The fraction of sp³-hybridized carbons (Fsp3) is 0.0714. The van der Waals surface area contributed by atoms with E-state index in [0.29, 0.717) is 33.5 Å². The van der Waals surface area contributed by atoms with E-state index in [1.165, 1.54) is 17.4 Å². The maximum atomic E-state index is 15.0. The largest absolute Gasteiger partial charge is 0.478 e. The number of aromatic carboxylic acids is 1. The van der Waals surface area contributed by atoms with Gasteiger partial charge in [0, 0.05) is 11.6 Å². The third kappa shape index (κ3) is 4.37. The minimum absolute atomic E-state index is 0.138. The lowest BCUT2D eigenvalue weighted by molar-refractivity contribution is -0.277. The topological polar surface area (TPSA) is 96.9 Å². The second-order valence-corrected chi connectivity index (χ2v) is 8.53. The summed E-state index contributed by atoms with van der Waals surface area (Å²) in [7, 11) is 0. The van der Waals surface area contributed by atoms with Crippen LogP contribution in [0.25, 0.3) is 33.3 Å². The number of imidazole rings is 1. The number of ether oxygens (including phenoxy) is 1. The first kappa shape index (κ1) is 22.7. The summed E-state index contributed by atoms with van der Waals surface area (Å²) in [5.41, 5.74) is 5.64. The third-order valence-corrected chi connectivity index (χ3v) is 6.15. The van der Waals surface area contributed by atoms with Gasteiger partial charge in [-0.3, -0.25) is 0 Å². The van der Waals surface area contributed by atoms with Crippen molar-refractivity contribution >= 4 is 22.7 Å². The van der Waals surface area contributed by atoms with Crippen LogP contribution in [0.4, 0.5) is 10.1 Å². The first-order chi connectivity index (χ1) is 17.9. The Balaban J connectivity index is 1.24. The molecule has 1 aliphatic rings. The van der Waals surface area contributed by atoms with E-state index in [4.69, 9.17) is 14.4 Å². The number of aromatic amines is 1. The minimum Gasteiger partial charge on any atom is -0.478 e. The van der Waals surface area contributed by atoms with E-state index in [1.54, 1.807) is 25.1 Å². The summed E-state index contributed by atoms with van der Waals surface area (Å²) in [5.74, 6) is -1.13. The van der Waals surface area contributed by atoms with Gasteiger partial charge in [-0.1, -0.05) is 42.5 Å². The Morgan fingerprint density at radius 2 is 1.65 bits per heavy atom. The predicted octanol–water partition coefficient (Wildman–Crippen LogP) is 6.48. The average Bonchev–Trinajstić information content (AvgIpc) is 3.25. The molecule has 4 aromatic carbocycles.